The molecule has 0 aliphatic heterocycles. The number of carbonyl (C=O) groups is 2. The van der Waals surface area contributed by atoms with Gasteiger partial charge in [0.1, 0.15) is 5.82 Å². The number of anilines is 1. The highest BCUT2D eigenvalue weighted by Gasteiger charge is 2.22. The first kappa shape index (κ1) is 23.2. The van der Waals surface area contributed by atoms with E-state index in [2.05, 4.69) is 29.1 Å². The summed E-state index contributed by atoms with van der Waals surface area (Å²) in [7, 11) is 0. The van der Waals surface area contributed by atoms with Crippen LogP contribution in [0.5, 0.6) is 0 Å². The molecule has 6 nitrogen and oxygen atoms in total. The third kappa shape index (κ3) is 5.17. The first-order valence-electron chi connectivity index (χ1n) is 11.5. The van der Waals surface area contributed by atoms with Crippen LogP contribution >= 0.6 is 0 Å². The number of aromatic nitrogens is 2. The summed E-state index contributed by atoms with van der Waals surface area (Å²) >= 11 is 0. The topological polar surface area (TPSA) is 84.1 Å². The summed E-state index contributed by atoms with van der Waals surface area (Å²) in [5, 5.41) is 2.84. The van der Waals surface area contributed by atoms with Crippen molar-refractivity contribution in [1.29, 1.82) is 0 Å². The molecule has 4 aromatic rings. The number of nitrogens with one attached hydrogen (secondary N) is 2. The number of benzene rings is 3. The van der Waals surface area contributed by atoms with E-state index in [9.17, 15) is 9.59 Å². The molecular weight excluding hydrogens is 426 g/mol. The van der Waals surface area contributed by atoms with Gasteiger partial charge in [0.25, 0.3) is 5.91 Å². The van der Waals surface area contributed by atoms with Crippen LogP contribution < -0.4 is 5.32 Å². The lowest BCUT2D eigenvalue weighted by Crippen LogP contribution is -2.32. The summed E-state index contributed by atoms with van der Waals surface area (Å²) in [6.07, 6.45) is -0.524. The molecule has 4 rings (SSSR count). The predicted molar refractivity (Wildman–Crippen MR) is 135 cm³/mol. The highest BCUT2D eigenvalue weighted by Crippen LogP contribution is 2.23. The number of nitrogens with zero attached hydrogens (tertiary/aromatic N) is 1. The zero-order valence-corrected chi connectivity index (χ0v) is 19.9. The molecule has 0 radical (unpaired) electrons. The predicted octanol–water partition coefficient (Wildman–Crippen LogP) is 6.24. The Morgan fingerprint density at radius 1 is 1.00 bits per heavy atom. The number of H-pyrrole nitrogens is 1. The van der Waals surface area contributed by atoms with E-state index in [1.165, 1.54) is 11.1 Å². The number of esters is 1. The van der Waals surface area contributed by atoms with Crippen LogP contribution in [0.3, 0.4) is 0 Å². The lowest BCUT2D eigenvalue weighted by molar-refractivity contribution is -0.124. The number of ether oxygens (including phenoxy) is 1. The fourth-order valence-corrected chi connectivity index (χ4v) is 3.68. The number of aryl methyl sites for hydroxylation is 1. The van der Waals surface area contributed by atoms with Crippen LogP contribution in [0.25, 0.3) is 22.4 Å². The Bertz CT molecular complexity index is 1310. The van der Waals surface area contributed by atoms with E-state index in [1.54, 1.807) is 18.2 Å². The van der Waals surface area contributed by atoms with Crippen LogP contribution in [0.1, 0.15) is 54.6 Å². The van der Waals surface area contributed by atoms with Gasteiger partial charge in [-0.2, -0.15) is 0 Å². The summed E-state index contributed by atoms with van der Waals surface area (Å²) < 4.78 is 5.55. The van der Waals surface area contributed by atoms with Gasteiger partial charge in [-0.1, -0.05) is 62.7 Å². The zero-order chi connectivity index (χ0) is 24.2. The molecular formula is C28H29N3O3. The van der Waals surface area contributed by atoms with E-state index < -0.39 is 12.1 Å². The summed E-state index contributed by atoms with van der Waals surface area (Å²) in [5.41, 5.74) is 5.85. The number of hydrogen-bond acceptors (Lipinski definition) is 4. The van der Waals surface area contributed by atoms with Crippen molar-refractivity contribution in [3.8, 4) is 11.4 Å². The number of fused-ring (bicyclic) bond motifs is 1. The minimum absolute atomic E-state index is 0.350. The molecule has 0 saturated carbocycles. The fourth-order valence-electron chi connectivity index (χ4n) is 3.68. The molecule has 174 valence electrons. The van der Waals surface area contributed by atoms with Crippen molar-refractivity contribution in [2.24, 2.45) is 0 Å². The third-order valence-electron chi connectivity index (χ3n) is 5.80. The second-order valence-corrected chi connectivity index (χ2v) is 8.75. The second kappa shape index (κ2) is 9.91. The number of carbonyl (C=O) groups excluding carboxylic acids is 2. The number of rotatable bonds is 7. The van der Waals surface area contributed by atoms with Crippen LogP contribution in [0.2, 0.25) is 0 Å². The van der Waals surface area contributed by atoms with E-state index in [1.807, 2.05) is 62.4 Å². The number of aromatic amines is 1. The van der Waals surface area contributed by atoms with Gasteiger partial charge in [-0.15, -0.1) is 0 Å². The van der Waals surface area contributed by atoms with Crippen LogP contribution in [-0.4, -0.2) is 27.9 Å². The highest BCUT2D eigenvalue weighted by molar-refractivity contribution is 5.99. The summed E-state index contributed by atoms with van der Waals surface area (Å²) in [6.45, 7) is 8.08. The third-order valence-corrected chi connectivity index (χ3v) is 5.80. The Morgan fingerprint density at radius 2 is 1.71 bits per heavy atom. The molecule has 1 atom stereocenters. The average Bonchev–Trinajstić information content (AvgIpc) is 3.26. The van der Waals surface area contributed by atoms with Crippen molar-refractivity contribution in [3.05, 3.63) is 83.4 Å². The van der Waals surface area contributed by atoms with Gasteiger partial charge < -0.3 is 15.0 Å². The molecule has 1 unspecified atom stereocenters. The largest absolute Gasteiger partial charge is 0.449 e. The molecule has 1 amide bonds. The molecule has 0 spiro atoms. The average molecular weight is 456 g/mol. The van der Waals surface area contributed by atoms with E-state index in [0.717, 1.165) is 22.4 Å². The van der Waals surface area contributed by atoms with Gasteiger partial charge in [-0.25, -0.2) is 9.78 Å². The van der Waals surface area contributed by atoms with Crippen molar-refractivity contribution in [3.63, 3.8) is 0 Å². The van der Waals surface area contributed by atoms with Gasteiger partial charge in [0.05, 0.1) is 16.6 Å². The lowest BCUT2D eigenvalue weighted by atomic mass is 10.0. The maximum absolute atomic E-state index is 12.8. The second-order valence-electron chi connectivity index (χ2n) is 8.75. The summed E-state index contributed by atoms with van der Waals surface area (Å²) in [6, 6.07) is 20.9. The molecule has 6 heteroatoms. The van der Waals surface area contributed by atoms with Crippen LogP contribution in [0.15, 0.2) is 66.7 Å². The first-order chi connectivity index (χ1) is 16.3. The van der Waals surface area contributed by atoms with Crippen molar-refractivity contribution < 1.29 is 14.3 Å². The zero-order valence-electron chi connectivity index (χ0n) is 19.9. The molecule has 34 heavy (non-hydrogen) atoms. The number of hydrogen-bond donors (Lipinski definition) is 2. The van der Waals surface area contributed by atoms with E-state index in [4.69, 9.17) is 4.74 Å². The van der Waals surface area contributed by atoms with Gasteiger partial charge in [0.2, 0.25) is 0 Å². The van der Waals surface area contributed by atoms with E-state index in [0.29, 0.717) is 23.6 Å². The van der Waals surface area contributed by atoms with Gasteiger partial charge in [-0.3, -0.25) is 4.79 Å². The molecule has 0 aliphatic carbocycles. The van der Waals surface area contributed by atoms with Gasteiger partial charge >= 0.3 is 5.97 Å². The number of amides is 1. The molecule has 0 saturated heterocycles. The monoisotopic (exact) mass is 455 g/mol. The van der Waals surface area contributed by atoms with Crippen molar-refractivity contribution in [1.82, 2.24) is 9.97 Å². The molecule has 3 aromatic carbocycles. The van der Waals surface area contributed by atoms with E-state index >= 15 is 0 Å². The summed E-state index contributed by atoms with van der Waals surface area (Å²) in [4.78, 5) is 33.4. The van der Waals surface area contributed by atoms with Crippen molar-refractivity contribution in [2.45, 2.75) is 46.1 Å². The van der Waals surface area contributed by atoms with Gasteiger partial charge in [-0.05, 0) is 55.2 Å². The standard InChI is InChI=1S/C28H29N3O3/c1-5-25(27(32)29-22-13-10-19(11-14-22)17(2)3)34-28(33)21-12-15-23-24(16-21)31-26(30-23)20-8-6-18(4)7-9-20/h6-17,25H,5H2,1-4H3,(H,29,32)(H,30,31). The first-order valence-corrected chi connectivity index (χ1v) is 11.5. The Balaban J connectivity index is 1.46. The Kier molecular flexibility index (Phi) is 6.77. The smallest absolute Gasteiger partial charge is 0.338 e. The quantitative estimate of drug-likeness (QED) is 0.323. The van der Waals surface area contributed by atoms with E-state index in [-0.39, 0.29) is 5.91 Å². The van der Waals surface area contributed by atoms with Gasteiger partial charge in [0, 0.05) is 11.3 Å². The Morgan fingerprint density at radius 3 is 2.35 bits per heavy atom. The molecule has 0 bridgehead atoms. The molecule has 1 heterocycles. The maximum Gasteiger partial charge on any atom is 0.338 e. The lowest BCUT2D eigenvalue weighted by Gasteiger charge is -2.16. The van der Waals surface area contributed by atoms with Gasteiger partial charge in [0.15, 0.2) is 6.10 Å². The summed E-state index contributed by atoms with van der Waals surface area (Å²) in [5.74, 6) is 0.243. The molecule has 1 aromatic heterocycles. The molecule has 0 aliphatic rings. The maximum atomic E-state index is 12.8. The highest BCUT2D eigenvalue weighted by atomic mass is 16.5. The number of imidazole rings is 1. The molecule has 0 fully saturated rings. The minimum atomic E-state index is -0.891. The van der Waals surface area contributed by atoms with Crippen LogP contribution in [-0.2, 0) is 9.53 Å². The normalized spacial score (nSPS) is 12.0. The Labute approximate surface area is 199 Å². The van der Waals surface area contributed by atoms with Crippen LogP contribution in [0, 0.1) is 6.92 Å². The van der Waals surface area contributed by atoms with Crippen LogP contribution in [0.4, 0.5) is 5.69 Å². The van der Waals surface area contributed by atoms with Crippen molar-refractivity contribution >= 4 is 28.6 Å². The minimum Gasteiger partial charge on any atom is -0.449 e. The fraction of sp³-hybridized carbons (Fsp3) is 0.250. The SMILES string of the molecule is CCC(OC(=O)c1ccc2nc(-c3ccc(C)cc3)[nH]c2c1)C(=O)Nc1ccc(C(C)C)cc1. The van der Waals surface area contributed by atoms with Crippen molar-refractivity contribution in [2.75, 3.05) is 5.32 Å². The Hall–Kier alpha value is -3.93. The molecule has 2 N–H and O–H groups in total.